The third-order valence-corrected chi connectivity index (χ3v) is 3.36. The van der Waals surface area contributed by atoms with E-state index in [1.807, 2.05) is 0 Å². The minimum atomic E-state index is -3.90. The first-order valence-electron chi connectivity index (χ1n) is 5.52. The fraction of sp³-hybridized carbons (Fsp3) is 0.273. The Morgan fingerprint density at radius 2 is 1.50 bits per heavy atom. The minimum absolute atomic E-state index is 0.143. The van der Waals surface area contributed by atoms with Crippen molar-refractivity contribution in [3.63, 3.8) is 0 Å². The summed E-state index contributed by atoms with van der Waals surface area (Å²) in [4.78, 5) is 21.8. The lowest BCUT2D eigenvalue weighted by Crippen LogP contribution is -2.35. The van der Waals surface area contributed by atoms with E-state index in [0.29, 0.717) is 0 Å². The number of carboxylic acid groups (broad SMARTS) is 2. The maximum atomic E-state index is 11.7. The van der Waals surface area contributed by atoms with Crippen LogP contribution in [0.25, 0.3) is 0 Å². The highest BCUT2D eigenvalue weighted by Gasteiger charge is 2.16. The Balaban J connectivity index is 3.18. The molecule has 0 aliphatic heterocycles. The summed E-state index contributed by atoms with van der Waals surface area (Å²) in [7, 11) is -3.90. The van der Waals surface area contributed by atoms with Crippen LogP contribution in [0.4, 0.5) is 5.69 Å². The fourth-order valence-corrected chi connectivity index (χ4v) is 2.54. The number of rotatable bonds is 6. The maximum absolute atomic E-state index is 11.7. The largest absolute Gasteiger partial charge is 0.478 e. The van der Waals surface area contributed by atoms with E-state index in [-0.39, 0.29) is 22.9 Å². The standard InChI is InChI=1S/C11H14N2O6S/c1-6(2)12-20(18,19)13-9-4-7(10(14)15)3-8(5-9)11(16)17/h3-6,12-13H,1-2H3,(H,14,15)(H,16,17). The zero-order chi connectivity index (χ0) is 15.5. The Morgan fingerprint density at radius 1 is 1.05 bits per heavy atom. The number of carboxylic acids is 2. The number of aromatic carboxylic acids is 2. The third-order valence-electron chi connectivity index (χ3n) is 2.07. The van der Waals surface area contributed by atoms with Gasteiger partial charge < -0.3 is 10.2 Å². The molecule has 0 aromatic heterocycles. The van der Waals surface area contributed by atoms with E-state index in [1.54, 1.807) is 13.8 Å². The van der Waals surface area contributed by atoms with Gasteiger partial charge in [-0.15, -0.1) is 0 Å². The van der Waals surface area contributed by atoms with E-state index in [1.165, 1.54) is 0 Å². The number of carbonyl (C=O) groups is 2. The molecule has 0 amide bonds. The summed E-state index contributed by atoms with van der Waals surface area (Å²) >= 11 is 0. The topological polar surface area (TPSA) is 133 Å². The zero-order valence-electron chi connectivity index (χ0n) is 10.7. The molecule has 1 aromatic rings. The Bertz CT molecular complexity index is 606. The number of anilines is 1. The summed E-state index contributed by atoms with van der Waals surface area (Å²) in [5.41, 5.74) is -0.797. The first-order valence-corrected chi connectivity index (χ1v) is 7.01. The van der Waals surface area contributed by atoms with E-state index < -0.39 is 22.1 Å². The van der Waals surface area contributed by atoms with Gasteiger partial charge in [0.1, 0.15) is 0 Å². The smallest absolute Gasteiger partial charge is 0.335 e. The van der Waals surface area contributed by atoms with Crippen molar-refractivity contribution in [3.8, 4) is 0 Å². The fourth-order valence-electron chi connectivity index (χ4n) is 1.43. The van der Waals surface area contributed by atoms with Crippen molar-refractivity contribution in [2.24, 2.45) is 0 Å². The number of benzene rings is 1. The lowest BCUT2D eigenvalue weighted by molar-refractivity contribution is 0.0696. The lowest BCUT2D eigenvalue weighted by atomic mass is 10.1. The van der Waals surface area contributed by atoms with E-state index in [4.69, 9.17) is 10.2 Å². The molecule has 0 fully saturated rings. The van der Waals surface area contributed by atoms with Crippen molar-refractivity contribution < 1.29 is 28.2 Å². The van der Waals surface area contributed by atoms with Crippen LogP contribution < -0.4 is 9.44 Å². The molecule has 0 unspecified atom stereocenters. The molecule has 0 saturated heterocycles. The Labute approximate surface area is 115 Å². The van der Waals surface area contributed by atoms with Crippen molar-refractivity contribution in [1.82, 2.24) is 4.72 Å². The molecule has 9 heteroatoms. The van der Waals surface area contributed by atoms with Gasteiger partial charge in [-0.25, -0.2) is 9.59 Å². The molecular formula is C11H14N2O6S. The van der Waals surface area contributed by atoms with Gasteiger partial charge in [-0.2, -0.15) is 13.1 Å². The number of hydrogen-bond donors (Lipinski definition) is 4. The van der Waals surface area contributed by atoms with E-state index in [2.05, 4.69) is 9.44 Å². The zero-order valence-corrected chi connectivity index (χ0v) is 11.6. The van der Waals surface area contributed by atoms with Crippen molar-refractivity contribution in [3.05, 3.63) is 29.3 Å². The van der Waals surface area contributed by atoms with Gasteiger partial charge in [-0.1, -0.05) is 0 Å². The van der Waals surface area contributed by atoms with E-state index in [0.717, 1.165) is 18.2 Å². The average Bonchev–Trinajstić information content (AvgIpc) is 2.25. The van der Waals surface area contributed by atoms with E-state index >= 15 is 0 Å². The van der Waals surface area contributed by atoms with Gasteiger partial charge in [0.25, 0.3) is 10.2 Å². The summed E-state index contributed by atoms with van der Waals surface area (Å²) in [5, 5.41) is 17.7. The van der Waals surface area contributed by atoms with Gasteiger partial charge in [0.15, 0.2) is 0 Å². The summed E-state index contributed by atoms with van der Waals surface area (Å²) in [6, 6.07) is 2.65. The van der Waals surface area contributed by atoms with Crippen molar-refractivity contribution in [2.75, 3.05) is 4.72 Å². The molecule has 0 aliphatic carbocycles. The second-order valence-corrected chi connectivity index (χ2v) is 5.73. The van der Waals surface area contributed by atoms with Crippen LogP contribution in [-0.2, 0) is 10.2 Å². The summed E-state index contributed by atoms with van der Waals surface area (Å²) in [6.07, 6.45) is 0. The van der Waals surface area contributed by atoms with Crippen LogP contribution in [-0.4, -0.2) is 36.6 Å². The van der Waals surface area contributed by atoms with Crippen LogP contribution in [0, 0.1) is 0 Å². The van der Waals surface area contributed by atoms with Gasteiger partial charge >= 0.3 is 11.9 Å². The highest BCUT2D eigenvalue weighted by atomic mass is 32.2. The molecule has 20 heavy (non-hydrogen) atoms. The van der Waals surface area contributed by atoms with Crippen LogP contribution in [0.1, 0.15) is 34.6 Å². The molecule has 0 aliphatic rings. The normalized spacial score (nSPS) is 11.3. The van der Waals surface area contributed by atoms with Gasteiger partial charge in [-0.05, 0) is 32.0 Å². The van der Waals surface area contributed by atoms with Crippen LogP contribution in [0.2, 0.25) is 0 Å². The van der Waals surface area contributed by atoms with Crippen molar-refractivity contribution in [1.29, 1.82) is 0 Å². The van der Waals surface area contributed by atoms with Gasteiger partial charge in [0.2, 0.25) is 0 Å². The highest BCUT2D eigenvalue weighted by Crippen LogP contribution is 2.16. The molecule has 0 radical (unpaired) electrons. The number of hydrogen-bond acceptors (Lipinski definition) is 4. The molecule has 1 rings (SSSR count). The maximum Gasteiger partial charge on any atom is 0.335 e. The molecule has 1 aromatic carbocycles. The number of nitrogens with one attached hydrogen (secondary N) is 2. The molecule has 8 nitrogen and oxygen atoms in total. The molecule has 0 bridgehead atoms. The second-order valence-electron chi connectivity index (χ2n) is 4.29. The minimum Gasteiger partial charge on any atom is -0.478 e. The predicted molar refractivity (Wildman–Crippen MR) is 71.2 cm³/mol. The van der Waals surface area contributed by atoms with Crippen molar-refractivity contribution >= 4 is 27.8 Å². The molecule has 4 N–H and O–H groups in total. The second kappa shape index (κ2) is 5.88. The summed E-state index contributed by atoms with van der Waals surface area (Å²) < 4.78 is 27.6. The first-order chi connectivity index (χ1) is 9.10. The Kier molecular flexibility index (Phi) is 4.69. The van der Waals surface area contributed by atoms with Crippen LogP contribution in [0.15, 0.2) is 18.2 Å². The predicted octanol–water partition coefficient (Wildman–Crippen LogP) is 0.738. The third kappa shape index (κ3) is 4.52. The quantitative estimate of drug-likeness (QED) is 0.612. The molecule has 0 atom stereocenters. The Morgan fingerprint density at radius 3 is 1.85 bits per heavy atom. The molecule has 0 spiro atoms. The van der Waals surface area contributed by atoms with Crippen LogP contribution in [0.3, 0.4) is 0 Å². The van der Waals surface area contributed by atoms with Gasteiger partial charge in [0.05, 0.1) is 16.8 Å². The monoisotopic (exact) mass is 302 g/mol. The SMILES string of the molecule is CC(C)NS(=O)(=O)Nc1cc(C(=O)O)cc(C(=O)O)c1. The highest BCUT2D eigenvalue weighted by molar-refractivity contribution is 7.90. The first kappa shape index (κ1) is 15.9. The van der Waals surface area contributed by atoms with E-state index in [9.17, 15) is 18.0 Å². The van der Waals surface area contributed by atoms with Crippen molar-refractivity contribution in [2.45, 2.75) is 19.9 Å². The van der Waals surface area contributed by atoms with Crippen LogP contribution in [0.5, 0.6) is 0 Å². The van der Waals surface area contributed by atoms with Gasteiger partial charge in [-0.3, -0.25) is 4.72 Å². The lowest BCUT2D eigenvalue weighted by Gasteiger charge is -2.12. The molecular weight excluding hydrogens is 288 g/mol. The molecule has 0 heterocycles. The summed E-state index contributed by atoms with van der Waals surface area (Å²) in [6.45, 7) is 3.21. The van der Waals surface area contributed by atoms with Gasteiger partial charge in [0, 0.05) is 6.04 Å². The van der Waals surface area contributed by atoms with Crippen LogP contribution >= 0.6 is 0 Å². The molecule has 110 valence electrons. The molecule has 0 saturated carbocycles. The Hall–Kier alpha value is -2.13. The average molecular weight is 302 g/mol. The summed E-state index contributed by atoms with van der Waals surface area (Å²) in [5.74, 6) is -2.71.